The first kappa shape index (κ1) is 15.8. The van der Waals surface area contributed by atoms with Gasteiger partial charge < -0.3 is 15.4 Å². The van der Waals surface area contributed by atoms with Crippen LogP contribution in [0.2, 0.25) is 0 Å². The summed E-state index contributed by atoms with van der Waals surface area (Å²) in [5, 5.41) is 18.5. The zero-order valence-corrected chi connectivity index (χ0v) is 14.8. The van der Waals surface area contributed by atoms with Gasteiger partial charge in [-0.15, -0.1) is 0 Å². The minimum absolute atomic E-state index is 0.0927. The van der Waals surface area contributed by atoms with E-state index in [1.54, 1.807) is 6.33 Å². The fourth-order valence-corrected chi connectivity index (χ4v) is 4.72. The second-order valence-corrected chi connectivity index (χ2v) is 7.53. The molecule has 1 spiro atoms. The number of hydrogen-bond acceptors (Lipinski definition) is 5. The maximum Gasteiger partial charge on any atom is 0.143 e. The van der Waals surface area contributed by atoms with Crippen molar-refractivity contribution in [2.24, 2.45) is 0 Å². The SMILES string of the molecule is Cc1cc(Nc2ncnc3[nH]ccc23)cc2c1C(O)NC21CCCCC1. The third-order valence-electron chi connectivity index (χ3n) is 5.91. The molecular weight excluding hydrogens is 326 g/mol. The number of anilines is 2. The molecule has 0 bridgehead atoms. The lowest BCUT2D eigenvalue weighted by atomic mass is 9.77. The summed E-state index contributed by atoms with van der Waals surface area (Å²) in [7, 11) is 0. The van der Waals surface area contributed by atoms with Crippen molar-refractivity contribution < 1.29 is 5.11 Å². The average molecular weight is 349 g/mol. The fraction of sp³-hybridized carbons (Fsp3) is 0.400. The van der Waals surface area contributed by atoms with E-state index < -0.39 is 6.23 Å². The zero-order valence-electron chi connectivity index (χ0n) is 14.8. The summed E-state index contributed by atoms with van der Waals surface area (Å²) in [5.74, 6) is 0.791. The van der Waals surface area contributed by atoms with E-state index in [1.807, 2.05) is 12.3 Å². The summed E-state index contributed by atoms with van der Waals surface area (Å²) < 4.78 is 0. The normalized spacial score (nSPS) is 21.2. The first-order valence-electron chi connectivity index (χ1n) is 9.32. The lowest BCUT2D eigenvalue weighted by Gasteiger charge is -2.35. The van der Waals surface area contributed by atoms with E-state index in [1.165, 1.54) is 24.8 Å². The van der Waals surface area contributed by atoms with Crippen LogP contribution in [0.5, 0.6) is 0 Å². The van der Waals surface area contributed by atoms with E-state index in [4.69, 9.17) is 0 Å². The van der Waals surface area contributed by atoms with E-state index in [2.05, 4.69) is 44.6 Å². The van der Waals surface area contributed by atoms with Crippen molar-refractivity contribution in [2.45, 2.75) is 50.8 Å². The Morgan fingerprint density at radius 3 is 2.88 bits per heavy atom. The molecule has 6 nitrogen and oxygen atoms in total. The second-order valence-electron chi connectivity index (χ2n) is 7.53. The second kappa shape index (κ2) is 5.79. The number of aryl methyl sites for hydroxylation is 1. The van der Waals surface area contributed by atoms with Gasteiger partial charge in [0, 0.05) is 23.0 Å². The molecule has 0 saturated heterocycles. The Balaban J connectivity index is 1.58. The highest BCUT2D eigenvalue weighted by Crippen LogP contribution is 2.47. The first-order valence-corrected chi connectivity index (χ1v) is 9.32. The van der Waals surface area contributed by atoms with Crippen molar-refractivity contribution in [1.29, 1.82) is 0 Å². The molecule has 1 aromatic carbocycles. The van der Waals surface area contributed by atoms with Gasteiger partial charge in [0.1, 0.15) is 24.0 Å². The lowest BCUT2D eigenvalue weighted by Crippen LogP contribution is -2.40. The van der Waals surface area contributed by atoms with Crippen LogP contribution in [0.1, 0.15) is 55.0 Å². The predicted molar refractivity (Wildman–Crippen MR) is 101 cm³/mol. The van der Waals surface area contributed by atoms with E-state index in [0.29, 0.717) is 0 Å². The van der Waals surface area contributed by atoms with Gasteiger partial charge in [-0.3, -0.25) is 5.32 Å². The van der Waals surface area contributed by atoms with Crippen LogP contribution in [0.15, 0.2) is 30.7 Å². The molecule has 1 saturated carbocycles. The van der Waals surface area contributed by atoms with Crippen LogP contribution in [-0.4, -0.2) is 20.1 Å². The Kier molecular flexibility index (Phi) is 3.52. The molecule has 3 aromatic rings. The van der Waals surface area contributed by atoms with Crippen LogP contribution < -0.4 is 10.6 Å². The van der Waals surface area contributed by atoms with Gasteiger partial charge in [0.05, 0.1) is 5.39 Å². The first-order chi connectivity index (χ1) is 12.7. The molecule has 2 aliphatic rings. The van der Waals surface area contributed by atoms with Gasteiger partial charge in [-0.25, -0.2) is 9.97 Å². The number of hydrogen-bond donors (Lipinski definition) is 4. The lowest BCUT2D eigenvalue weighted by molar-refractivity contribution is 0.0975. The highest BCUT2D eigenvalue weighted by Gasteiger charge is 2.44. The van der Waals surface area contributed by atoms with Gasteiger partial charge >= 0.3 is 0 Å². The summed E-state index contributed by atoms with van der Waals surface area (Å²) >= 11 is 0. The molecule has 1 aliphatic heterocycles. The fourth-order valence-electron chi connectivity index (χ4n) is 4.72. The summed E-state index contributed by atoms with van der Waals surface area (Å²) in [6, 6.07) is 6.26. The molecule has 2 aromatic heterocycles. The largest absolute Gasteiger partial charge is 0.374 e. The number of nitrogens with zero attached hydrogens (tertiary/aromatic N) is 2. The number of aliphatic hydroxyl groups excluding tert-OH is 1. The number of aromatic amines is 1. The van der Waals surface area contributed by atoms with Crippen LogP contribution in [0.25, 0.3) is 11.0 Å². The number of aliphatic hydroxyl groups is 1. The zero-order chi connectivity index (χ0) is 17.7. The molecule has 1 atom stereocenters. The molecule has 0 amide bonds. The van der Waals surface area contributed by atoms with Crippen LogP contribution in [-0.2, 0) is 5.54 Å². The Morgan fingerprint density at radius 2 is 2.04 bits per heavy atom. The maximum atomic E-state index is 10.6. The average Bonchev–Trinajstić information content (AvgIpc) is 3.20. The molecule has 1 aliphatic carbocycles. The van der Waals surface area contributed by atoms with Gasteiger partial charge in [0.25, 0.3) is 0 Å². The van der Waals surface area contributed by atoms with Crippen molar-refractivity contribution in [3.63, 3.8) is 0 Å². The molecule has 4 N–H and O–H groups in total. The summed E-state index contributed by atoms with van der Waals surface area (Å²) in [6.07, 6.45) is 8.69. The molecule has 134 valence electrons. The Bertz CT molecular complexity index is 973. The third kappa shape index (κ3) is 2.33. The molecular formula is C20H23N5O. The van der Waals surface area contributed by atoms with Crippen LogP contribution >= 0.6 is 0 Å². The smallest absolute Gasteiger partial charge is 0.143 e. The standard InChI is InChI=1S/C20H23N5O/c1-12-9-13(24-18-14-5-8-21-17(14)22-11-23-18)10-15-16(12)19(26)25-20(15)6-3-2-4-7-20/h5,8-11,19,25-26H,2-4,6-7H2,1H3,(H2,21,22,23,24). The Hall–Kier alpha value is -2.44. The van der Waals surface area contributed by atoms with Crippen LogP contribution in [0.4, 0.5) is 11.5 Å². The number of H-pyrrole nitrogens is 1. The van der Waals surface area contributed by atoms with E-state index >= 15 is 0 Å². The van der Waals surface area contributed by atoms with Crippen molar-refractivity contribution in [3.05, 3.63) is 47.4 Å². The topological polar surface area (TPSA) is 85.9 Å². The summed E-state index contributed by atoms with van der Waals surface area (Å²) in [4.78, 5) is 11.8. The maximum absolute atomic E-state index is 10.6. The molecule has 1 unspecified atom stereocenters. The molecule has 6 heteroatoms. The van der Waals surface area contributed by atoms with Gasteiger partial charge in [-0.1, -0.05) is 19.3 Å². The molecule has 3 heterocycles. The minimum atomic E-state index is -0.576. The van der Waals surface area contributed by atoms with Crippen LogP contribution in [0, 0.1) is 6.92 Å². The van der Waals surface area contributed by atoms with Crippen molar-refractivity contribution in [2.75, 3.05) is 5.32 Å². The number of aromatic nitrogens is 3. The quantitative estimate of drug-likeness (QED) is 0.566. The Labute approximate surface area is 152 Å². The Morgan fingerprint density at radius 1 is 1.19 bits per heavy atom. The molecule has 26 heavy (non-hydrogen) atoms. The van der Waals surface area contributed by atoms with Crippen molar-refractivity contribution in [3.8, 4) is 0 Å². The van der Waals surface area contributed by atoms with Crippen molar-refractivity contribution >= 4 is 22.5 Å². The van der Waals surface area contributed by atoms with E-state index in [-0.39, 0.29) is 5.54 Å². The van der Waals surface area contributed by atoms with Gasteiger partial charge in [0.2, 0.25) is 0 Å². The summed E-state index contributed by atoms with van der Waals surface area (Å²) in [6.45, 7) is 2.07. The number of benzene rings is 1. The van der Waals surface area contributed by atoms with Gasteiger partial charge in [-0.05, 0) is 49.1 Å². The monoisotopic (exact) mass is 349 g/mol. The van der Waals surface area contributed by atoms with E-state index in [0.717, 1.165) is 46.5 Å². The molecule has 5 rings (SSSR count). The van der Waals surface area contributed by atoms with Gasteiger partial charge in [0.15, 0.2) is 0 Å². The highest BCUT2D eigenvalue weighted by molar-refractivity contribution is 5.88. The summed E-state index contributed by atoms with van der Waals surface area (Å²) in [5.41, 5.74) is 5.12. The highest BCUT2D eigenvalue weighted by atomic mass is 16.3. The molecule has 1 fully saturated rings. The van der Waals surface area contributed by atoms with Crippen LogP contribution in [0.3, 0.4) is 0 Å². The molecule has 0 radical (unpaired) electrons. The number of nitrogens with one attached hydrogen (secondary N) is 3. The number of fused-ring (bicyclic) bond motifs is 3. The predicted octanol–water partition coefficient (Wildman–Crippen LogP) is 3.76. The number of rotatable bonds is 2. The minimum Gasteiger partial charge on any atom is -0.374 e. The van der Waals surface area contributed by atoms with E-state index in [9.17, 15) is 5.11 Å². The van der Waals surface area contributed by atoms with Crippen molar-refractivity contribution in [1.82, 2.24) is 20.3 Å². The third-order valence-corrected chi connectivity index (χ3v) is 5.91. The van der Waals surface area contributed by atoms with Gasteiger partial charge in [-0.2, -0.15) is 0 Å².